The number of nitrogens with one attached hydrogen (secondary N) is 1. The molecule has 0 aliphatic rings. The predicted molar refractivity (Wildman–Crippen MR) is 72.2 cm³/mol. The number of alkyl halides is 2. The summed E-state index contributed by atoms with van der Waals surface area (Å²) in [4.78, 5) is 0. The van der Waals surface area contributed by atoms with Crippen molar-refractivity contribution in [2.75, 3.05) is 6.54 Å². The van der Waals surface area contributed by atoms with E-state index in [4.69, 9.17) is 6.42 Å². The van der Waals surface area contributed by atoms with Gasteiger partial charge < -0.3 is 10.1 Å². The topological polar surface area (TPSA) is 21.3 Å². The Bertz CT molecular complexity index is 415. The van der Waals surface area contributed by atoms with Crippen LogP contribution in [0, 0.1) is 12.3 Å². The summed E-state index contributed by atoms with van der Waals surface area (Å²) in [6, 6.07) is 6.84. The molecule has 0 aliphatic heterocycles. The second-order valence-corrected chi connectivity index (χ2v) is 4.29. The van der Waals surface area contributed by atoms with Gasteiger partial charge in [0.15, 0.2) is 0 Å². The number of hydrogen-bond donors (Lipinski definition) is 1. The first-order valence-corrected chi connectivity index (χ1v) is 6.35. The third kappa shape index (κ3) is 6.21. The van der Waals surface area contributed by atoms with Gasteiger partial charge in [-0.2, -0.15) is 8.78 Å². The molecule has 0 aliphatic carbocycles. The van der Waals surface area contributed by atoms with Gasteiger partial charge in [-0.3, -0.25) is 0 Å². The van der Waals surface area contributed by atoms with Crippen molar-refractivity contribution >= 4 is 0 Å². The summed E-state index contributed by atoms with van der Waals surface area (Å²) in [7, 11) is 0. The van der Waals surface area contributed by atoms with Gasteiger partial charge in [-0.05, 0) is 44.0 Å². The Morgan fingerprint density at radius 1 is 1.37 bits per heavy atom. The fraction of sp³-hybridized carbons (Fsp3) is 0.467. The molecule has 4 heteroatoms. The van der Waals surface area contributed by atoms with Gasteiger partial charge in [-0.1, -0.05) is 12.1 Å². The Morgan fingerprint density at radius 2 is 2.16 bits per heavy atom. The highest BCUT2D eigenvalue weighted by molar-refractivity contribution is 5.30. The molecule has 0 aromatic heterocycles. The monoisotopic (exact) mass is 267 g/mol. The highest BCUT2D eigenvalue weighted by atomic mass is 19.3. The molecule has 1 rings (SSSR count). The molecule has 0 spiro atoms. The van der Waals surface area contributed by atoms with Crippen LogP contribution in [0.5, 0.6) is 5.75 Å². The van der Waals surface area contributed by atoms with E-state index in [1.54, 1.807) is 12.1 Å². The summed E-state index contributed by atoms with van der Waals surface area (Å²) >= 11 is 0. The van der Waals surface area contributed by atoms with Crippen LogP contribution < -0.4 is 10.1 Å². The number of rotatable bonds is 8. The average Bonchev–Trinajstić information content (AvgIpc) is 2.38. The summed E-state index contributed by atoms with van der Waals surface area (Å²) in [5, 5.41) is 3.33. The molecular weight excluding hydrogens is 248 g/mol. The summed E-state index contributed by atoms with van der Waals surface area (Å²) in [6.45, 7) is 0.0492. The minimum atomic E-state index is -2.79. The Hall–Kier alpha value is -1.60. The largest absolute Gasteiger partial charge is 0.435 e. The van der Waals surface area contributed by atoms with Crippen LogP contribution in [0.25, 0.3) is 0 Å². The molecule has 0 saturated heterocycles. The molecule has 1 N–H and O–H groups in total. The lowest BCUT2D eigenvalue weighted by Crippen LogP contribution is -2.19. The van der Waals surface area contributed by atoms with Crippen molar-refractivity contribution in [2.24, 2.45) is 0 Å². The van der Waals surface area contributed by atoms with Gasteiger partial charge in [-0.25, -0.2) is 0 Å². The first-order valence-electron chi connectivity index (χ1n) is 6.35. The number of halogens is 2. The quantitative estimate of drug-likeness (QED) is 0.572. The Balaban J connectivity index is 2.43. The van der Waals surface area contributed by atoms with Gasteiger partial charge in [0.2, 0.25) is 0 Å². The minimum absolute atomic E-state index is 0.0899. The van der Waals surface area contributed by atoms with Gasteiger partial charge >= 0.3 is 6.61 Å². The Labute approximate surface area is 113 Å². The molecule has 0 amide bonds. The number of hydrogen-bond acceptors (Lipinski definition) is 2. The predicted octanol–water partition coefficient (Wildman–Crippen LogP) is 3.74. The van der Waals surface area contributed by atoms with Crippen molar-refractivity contribution < 1.29 is 13.5 Å². The van der Waals surface area contributed by atoms with Crippen molar-refractivity contribution in [3.8, 4) is 18.1 Å². The maximum Gasteiger partial charge on any atom is 0.387 e. The SMILES string of the molecule is C#CCCCCNC(C)c1cccc(OC(F)F)c1. The lowest BCUT2D eigenvalue weighted by molar-refractivity contribution is -0.0499. The van der Waals surface area contributed by atoms with Crippen molar-refractivity contribution in [3.05, 3.63) is 29.8 Å². The molecule has 0 heterocycles. The molecule has 1 aromatic rings. The van der Waals surface area contributed by atoms with Crippen molar-refractivity contribution in [1.82, 2.24) is 5.32 Å². The maximum atomic E-state index is 12.1. The zero-order chi connectivity index (χ0) is 14.1. The number of unbranched alkanes of at least 4 members (excludes halogenated alkanes) is 2. The number of ether oxygens (including phenoxy) is 1. The summed E-state index contributed by atoms with van der Waals surface area (Å²) in [5.74, 6) is 2.79. The van der Waals surface area contributed by atoms with Gasteiger partial charge in [0.25, 0.3) is 0 Å². The summed E-state index contributed by atoms with van der Waals surface area (Å²) in [6.07, 6.45) is 7.95. The fourth-order valence-corrected chi connectivity index (χ4v) is 1.75. The van der Waals surface area contributed by atoms with Crippen LogP contribution >= 0.6 is 0 Å². The van der Waals surface area contributed by atoms with Crippen LogP contribution in [0.1, 0.15) is 37.8 Å². The van der Waals surface area contributed by atoms with E-state index >= 15 is 0 Å². The van der Waals surface area contributed by atoms with E-state index in [0.717, 1.165) is 31.4 Å². The van der Waals surface area contributed by atoms with E-state index in [1.807, 2.05) is 13.0 Å². The Kier molecular flexibility index (Phi) is 6.91. The number of terminal acetylenes is 1. The van der Waals surface area contributed by atoms with E-state index in [-0.39, 0.29) is 11.8 Å². The molecule has 1 atom stereocenters. The zero-order valence-corrected chi connectivity index (χ0v) is 11.0. The van der Waals surface area contributed by atoms with E-state index in [9.17, 15) is 8.78 Å². The van der Waals surface area contributed by atoms with Crippen LogP contribution in [0.15, 0.2) is 24.3 Å². The third-order valence-electron chi connectivity index (χ3n) is 2.78. The van der Waals surface area contributed by atoms with E-state index in [0.29, 0.717) is 0 Å². The first kappa shape index (κ1) is 15.5. The molecule has 0 fully saturated rings. The first-order chi connectivity index (χ1) is 9.13. The second-order valence-electron chi connectivity index (χ2n) is 4.29. The average molecular weight is 267 g/mol. The molecule has 1 unspecified atom stereocenters. The lowest BCUT2D eigenvalue weighted by atomic mass is 10.1. The van der Waals surface area contributed by atoms with Crippen LogP contribution in [0.2, 0.25) is 0 Å². The highest BCUT2D eigenvalue weighted by Gasteiger charge is 2.08. The Morgan fingerprint density at radius 3 is 2.84 bits per heavy atom. The zero-order valence-electron chi connectivity index (χ0n) is 11.0. The molecule has 1 aromatic carbocycles. The van der Waals surface area contributed by atoms with Crippen LogP contribution in [-0.2, 0) is 0 Å². The summed E-state index contributed by atoms with van der Waals surface area (Å²) in [5.41, 5.74) is 0.926. The van der Waals surface area contributed by atoms with Crippen LogP contribution in [0.4, 0.5) is 8.78 Å². The van der Waals surface area contributed by atoms with E-state index in [1.165, 1.54) is 6.07 Å². The van der Waals surface area contributed by atoms with Gasteiger partial charge in [-0.15, -0.1) is 12.3 Å². The molecular formula is C15H19F2NO. The van der Waals surface area contributed by atoms with E-state index < -0.39 is 6.61 Å². The number of benzene rings is 1. The van der Waals surface area contributed by atoms with Crippen LogP contribution in [-0.4, -0.2) is 13.2 Å². The third-order valence-corrected chi connectivity index (χ3v) is 2.78. The van der Waals surface area contributed by atoms with E-state index in [2.05, 4.69) is 16.0 Å². The molecule has 0 radical (unpaired) electrons. The van der Waals surface area contributed by atoms with Crippen molar-refractivity contribution in [1.29, 1.82) is 0 Å². The lowest BCUT2D eigenvalue weighted by Gasteiger charge is -2.15. The molecule has 104 valence electrons. The second kappa shape index (κ2) is 8.49. The molecule has 2 nitrogen and oxygen atoms in total. The molecule has 19 heavy (non-hydrogen) atoms. The molecule has 0 saturated carbocycles. The van der Waals surface area contributed by atoms with Crippen molar-refractivity contribution in [3.63, 3.8) is 0 Å². The fourth-order valence-electron chi connectivity index (χ4n) is 1.75. The smallest absolute Gasteiger partial charge is 0.387 e. The molecule has 0 bridgehead atoms. The van der Waals surface area contributed by atoms with Crippen LogP contribution in [0.3, 0.4) is 0 Å². The standard InChI is InChI=1S/C15H19F2NO/c1-3-4-5-6-10-18-12(2)13-8-7-9-14(11-13)19-15(16)17/h1,7-9,11-12,15,18H,4-6,10H2,2H3. The van der Waals surface area contributed by atoms with Gasteiger partial charge in [0.05, 0.1) is 0 Å². The normalized spacial score (nSPS) is 12.2. The highest BCUT2D eigenvalue weighted by Crippen LogP contribution is 2.20. The maximum absolute atomic E-state index is 12.1. The summed E-state index contributed by atoms with van der Waals surface area (Å²) < 4.78 is 28.6. The van der Waals surface area contributed by atoms with Gasteiger partial charge in [0.1, 0.15) is 5.75 Å². The van der Waals surface area contributed by atoms with Gasteiger partial charge in [0, 0.05) is 12.5 Å². The van der Waals surface area contributed by atoms with Crippen molar-refractivity contribution in [2.45, 2.75) is 38.8 Å². The minimum Gasteiger partial charge on any atom is -0.435 e.